The van der Waals surface area contributed by atoms with E-state index in [-0.39, 0.29) is 0 Å². The molecular weight excluding hydrogens is 216 g/mol. The van der Waals surface area contributed by atoms with E-state index in [1.807, 2.05) is 0 Å². The molecule has 0 saturated carbocycles. The average Bonchev–Trinajstić information content (AvgIpc) is 1.62. The molecule has 0 aromatic carbocycles. The van der Waals surface area contributed by atoms with Crippen LogP contribution in [0.2, 0.25) is 8.94 Å². The van der Waals surface area contributed by atoms with E-state index in [0.717, 1.165) is 13.2 Å². The van der Waals surface area contributed by atoms with Crippen LogP contribution >= 0.6 is 0 Å². The van der Waals surface area contributed by atoms with Crippen LogP contribution < -0.4 is 0 Å². The van der Waals surface area contributed by atoms with E-state index in [4.69, 9.17) is 4.74 Å². The van der Waals surface area contributed by atoms with Gasteiger partial charge in [-0.05, 0) is 0 Å². The Bertz CT molecular complexity index is 32.5. The molecule has 0 aromatic heterocycles. The molecule has 0 aromatic rings. The van der Waals surface area contributed by atoms with Crippen LogP contribution in [0.1, 0.15) is 12.8 Å². The zero-order valence-electron chi connectivity index (χ0n) is 5.06. The Morgan fingerprint density at radius 3 is 2.25 bits per heavy atom. The van der Waals surface area contributed by atoms with E-state index in [0.29, 0.717) is 20.9 Å². The molecule has 48 valence electrons. The molecule has 0 aliphatic carbocycles. The summed E-state index contributed by atoms with van der Waals surface area (Å²) in [6.07, 6.45) is 2.67. The fraction of sp³-hybridized carbons (Fsp3) is 1.00. The second kappa shape index (κ2) is 4.61. The first-order chi connectivity index (χ1) is 4.00. The Kier molecular flexibility index (Phi) is 3.96. The summed E-state index contributed by atoms with van der Waals surface area (Å²) in [4.78, 5) is 0. The number of ether oxygens (including phenoxy) is 1. The molecule has 1 aliphatic heterocycles. The summed E-state index contributed by atoms with van der Waals surface area (Å²) in [6, 6.07) is 0. The number of hydrogen-bond donors (Lipinski definition) is 0. The summed E-state index contributed by atoms with van der Waals surface area (Å²) in [5, 5.41) is 0. The van der Waals surface area contributed by atoms with Gasteiger partial charge in [-0.15, -0.1) is 0 Å². The Hall–Kier alpha value is 0.750. The van der Waals surface area contributed by atoms with Crippen LogP contribution in [-0.4, -0.2) is 34.1 Å². The van der Waals surface area contributed by atoms with Crippen molar-refractivity contribution in [3.8, 4) is 0 Å². The molecule has 0 radical (unpaired) electrons. The van der Waals surface area contributed by atoms with Crippen molar-refractivity contribution >= 4 is 20.9 Å². The zero-order chi connectivity index (χ0) is 5.66. The van der Waals surface area contributed by atoms with Gasteiger partial charge in [-0.25, -0.2) is 0 Å². The molecule has 0 unspecified atom stereocenters. The minimum absolute atomic E-state index is 0.439. The van der Waals surface area contributed by atoms with E-state index in [1.54, 1.807) is 0 Å². The topological polar surface area (TPSA) is 9.23 Å². The van der Waals surface area contributed by atoms with E-state index in [1.165, 1.54) is 21.8 Å². The van der Waals surface area contributed by atoms with E-state index < -0.39 is 0 Å². The van der Waals surface area contributed by atoms with Gasteiger partial charge in [-0.1, -0.05) is 0 Å². The van der Waals surface area contributed by atoms with Crippen LogP contribution in [0.3, 0.4) is 0 Å². The zero-order valence-corrected chi connectivity index (χ0v) is 7.39. The van der Waals surface area contributed by atoms with Gasteiger partial charge in [0.1, 0.15) is 0 Å². The standard InChI is InChI=1S/C6H12OTe/c1-3-7-4-2-6-8-5-1/h1-6H2. The molecular formula is C6H12OTe. The van der Waals surface area contributed by atoms with E-state index in [2.05, 4.69) is 0 Å². The van der Waals surface area contributed by atoms with Crippen LogP contribution in [0.5, 0.6) is 0 Å². The molecule has 0 spiro atoms. The van der Waals surface area contributed by atoms with Gasteiger partial charge in [0.15, 0.2) is 0 Å². The van der Waals surface area contributed by atoms with Gasteiger partial charge in [0.2, 0.25) is 0 Å². The van der Waals surface area contributed by atoms with Crippen molar-refractivity contribution in [1.29, 1.82) is 0 Å². The summed E-state index contributed by atoms with van der Waals surface area (Å²) >= 11 is 0.439. The average molecular weight is 228 g/mol. The van der Waals surface area contributed by atoms with Gasteiger partial charge < -0.3 is 0 Å². The Morgan fingerprint density at radius 1 is 1.00 bits per heavy atom. The van der Waals surface area contributed by atoms with Crippen LogP contribution in [0.25, 0.3) is 0 Å². The fourth-order valence-electron chi connectivity index (χ4n) is 0.730. The van der Waals surface area contributed by atoms with Gasteiger partial charge in [-0.2, -0.15) is 0 Å². The van der Waals surface area contributed by atoms with Crippen molar-refractivity contribution in [2.24, 2.45) is 0 Å². The number of hydrogen-bond acceptors (Lipinski definition) is 1. The quantitative estimate of drug-likeness (QED) is 0.568. The summed E-state index contributed by atoms with van der Waals surface area (Å²) in [5.41, 5.74) is 0. The molecule has 0 amide bonds. The first-order valence-electron chi connectivity index (χ1n) is 3.15. The van der Waals surface area contributed by atoms with Crippen molar-refractivity contribution in [3.05, 3.63) is 0 Å². The van der Waals surface area contributed by atoms with E-state index in [9.17, 15) is 0 Å². The Morgan fingerprint density at radius 2 is 1.62 bits per heavy atom. The Balaban J connectivity index is 2.00. The molecule has 1 rings (SSSR count). The van der Waals surface area contributed by atoms with Crippen molar-refractivity contribution in [2.45, 2.75) is 21.8 Å². The van der Waals surface area contributed by atoms with Crippen LogP contribution in [0, 0.1) is 0 Å². The van der Waals surface area contributed by atoms with Crippen molar-refractivity contribution in [2.75, 3.05) is 13.2 Å². The third kappa shape index (κ3) is 2.91. The molecule has 1 saturated heterocycles. The number of rotatable bonds is 0. The minimum atomic E-state index is 0.439. The van der Waals surface area contributed by atoms with Crippen molar-refractivity contribution in [3.63, 3.8) is 0 Å². The van der Waals surface area contributed by atoms with Crippen LogP contribution in [0.4, 0.5) is 0 Å². The SMILES string of the molecule is C1COCCC[Te]C1. The third-order valence-electron chi connectivity index (χ3n) is 1.15. The maximum atomic E-state index is 5.30. The molecule has 0 bridgehead atoms. The maximum absolute atomic E-state index is 5.30. The van der Waals surface area contributed by atoms with Gasteiger partial charge in [0, 0.05) is 0 Å². The van der Waals surface area contributed by atoms with Gasteiger partial charge in [0.25, 0.3) is 0 Å². The second-order valence-electron chi connectivity index (χ2n) is 1.93. The molecule has 8 heavy (non-hydrogen) atoms. The summed E-state index contributed by atoms with van der Waals surface area (Å²) < 4.78 is 8.31. The van der Waals surface area contributed by atoms with Gasteiger partial charge in [0.05, 0.1) is 0 Å². The first-order valence-corrected chi connectivity index (χ1v) is 6.45. The first kappa shape index (κ1) is 6.86. The fourth-order valence-corrected chi connectivity index (χ4v) is 3.15. The van der Waals surface area contributed by atoms with Crippen LogP contribution in [0.15, 0.2) is 0 Å². The molecule has 1 fully saturated rings. The molecule has 0 N–H and O–H groups in total. The molecule has 1 nitrogen and oxygen atoms in total. The monoisotopic (exact) mass is 230 g/mol. The van der Waals surface area contributed by atoms with Crippen molar-refractivity contribution in [1.82, 2.24) is 0 Å². The summed E-state index contributed by atoms with van der Waals surface area (Å²) in [7, 11) is 0. The summed E-state index contributed by atoms with van der Waals surface area (Å²) in [6.45, 7) is 2.06. The molecule has 0 atom stereocenters. The Labute approximate surface area is 60.9 Å². The molecule has 2 heteroatoms. The summed E-state index contributed by atoms with van der Waals surface area (Å²) in [5.74, 6) is 0. The predicted molar refractivity (Wildman–Crippen MR) is 35.4 cm³/mol. The van der Waals surface area contributed by atoms with E-state index >= 15 is 0 Å². The van der Waals surface area contributed by atoms with Gasteiger partial charge >= 0.3 is 60.7 Å². The second-order valence-corrected chi connectivity index (χ2v) is 5.43. The predicted octanol–water partition coefficient (Wildman–Crippen LogP) is 1.34. The van der Waals surface area contributed by atoms with Crippen LogP contribution in [-0.2, 0) is 4.74 Å². The van der Waals surface area contributed by atoms with Crippen molar-refractivity contribution < 1.29 is 4.74 Å². The normalized spacial score (nSPS) is 24.0. The molecule has 1 heterocycles. The molecule has 1 aliphatic rings. The third-order valence-corrected chi connectivity index (χ3v) is 4.45. The van der Waals surface area contributed by atoms with Gasteiger partial charge in [-0.3, -0.25) is 0 Å².